The third-order valence-electron chi connectivity index (χ3n) is 2.47. The van der Waals surface area contributed by atoms with E-state index in [1.165, 1.54) is 16.2 Å². The minimum Gasteiger partial charge on any atom is -0.312 e. The number of rotatable bonds is 8. The Morgan fingerprint density at radius 3 is 1.76 bits per heavy atom. The first-order chi connectivity index (χ1) is 8.45. The third-order valence-corrected chi connectivity index (χ3v) is 4.22. The largest absolute Gasteiger partial charge is 0.312 e. The number of thiophene rings is 2. The molecule has 0 aromatic carbocycles. The van der Waals surface area contributed by atoms with E-state index in [4.69, 9.17) is 0 Å². The van der Waals surface area contributed by atoms with Gasteiger partial charge in [-0.05, 0) is 42.4 Å². The van der Waals surface area contributed by atoms with Crippen LogP contribution >= 0.6 is 22.7 Å². The summed E-state index contributed by atoms with van der Waals surface area (Å²) in [4.78, 5) is 2.83. The predicted octanol–water partition coefficient (Wildman–Crippen LogP) is 3.08. The molecule has 0 fully saturated rings. The van der Waals surface area contributed by atoms with Crippen LogP contribution in [0.2, 0.25) is 0 Å². The Hall–Kier alpha value is -0.680. The van der Waals surface area contributed by atoms with Crippen molar-refractivity contribution in [1.82, 2.24) is 10.6 Å². The monoisotopic (exact) mass is 266 g/mol. The van der Waals surface area contributed by atoms with Crippen molar-refractivity contribution in [3.8, 4) is 0 Å². The van der Waals surface area contributed by atoms with Gasteiger partial charge in [0.25, 0.3) is 0 Å². The molecule has 0 spiro atoms. The summed E-state index contributed by atoms with van der Waals surface area (Å²) in [5.74, 6) is 0. The van der Waals surface area contributed by atoms with Gasteiger partial charge in [0.1, 0.15) is 0 Å². The van der Waals surface area contributed by atoms with E-state index in [0.29, 0.717) is 0 Å². The molecule has 92 valence electrons. The van der Waals surface area contributed by atoms with E-state index in [1.54, 1.807) is 0 Å². The molecule has 0 aliphatic heterocycles. The van der Waals surface area contributed by atoms with Gasteiger partial charge >= 0.3 is 0 Å². The van der Waals surface area contributed by atoms with Crippen LogP contribution < -0.4 is 10.6 Å². The molecule has 0 bridgehead atoms. The zero-order chi connectivity index (χ0) is 11.8. The second-order valence-corrected chi connectivity index (χ2v) is 5.93. The lowest BCUT2D eigenvalue weighted by Crippen LogP contribution is -2.21. The molecule has 2 nitrogen and oxygen atoms in total. The molecule has 4 heteroatoms. The van der Waals surface area contributed by atoms with Crippen molar-refractivity contribution in [3.63, 3.8) is 0 Å². The molecule has 2 aromatic heterocycles. The maximum atomic E-state index is 3.45. The lowest BCUT2D eigenvalue weighted by molar-refractivity contribution is 0.599. The van der Waals surface area contributed by atoms with Gasteiger partial charge in [-0.2, -0.15) is 0 Å². The molecule has 2 aromatic rings. The number of hydrogen-bond donors (Lipinski definition) is 2. The highest BCUT2D eigenvalue weighted by atomic mass is 32.1. The molecule has 0 atom stereocenters. The molecule has 0 saturated heterocycles. The summed E-state index contributed by atoms with van der Waals surface area (Å²) < 4.78 is 0. The molecule has 0 unspecified atom stereocenters. The molecule has 2 N–H and O–H groups in total. The van der Waals surface area contributed by atoms with Gasteiger partial charge in [0.2, 0.25) is 0 Å². The highest BCUT2D eigenvalue weighted by Crippen LogP contribution is 2.07. The molecule has 17 heavy (non-hydrogen) atoms. The van der Waals surface area contributed by atoms with E-state index in [9.17, 15) is 0 Å². The van der Waals surface area contributed by atoms with E-state index >= 15 is 0 Å². The van der Waals surface area contributed by atoms with Crippen molar-refractivity contribution in [2.24, 2.45) is 0 Å². The summed E-state index contributed by atoms with van der Waals surface area (Å²) in [7, 11) is 0. The Labute approximate surface area is 111 Å². The molecular weight excluding hydrogens is 248 g/mol. The van der Waals surface area contributed by atoms with Crippen molar-refractivity contribution < 1.29 is 0 Å². The van der Waals surface area contributed by atoms with Gasteiger partial charge in [0.05, 0.1) is 0 Å². The Morgan fingerprint density at radius 1 is 0.824 bits per heavy atom. The Morgan fingerprint density at radius 2 is 1.35 bits per heavy atom. The van der Waals surface area contributed by atoms with E-state index in [1.807, 2.05) is 22.7 Å². The van der Waals surface area contributed by atoms with Crippen LogP contribution in [-0.2, 0) is 13.1 Å². The molecule has 0 aliphatic carbocycles. The van der Waals surface area contributed by atoms with Crippen molar-refractivity contribution in [2.75, 3.05) is 13.1 Å². The van der Waals surface area contributed by atoms with Crippen LogP contribution in [0.4, 0.5) is 0 Å². The molecule has 0 aliphatic rings. The minimum atomic E-state index is 1.00. The molecule has 2 heterocycles. The second-order valence-electron chi connectivity index (χ2n) is 3.87. The van der Waals surface area contributed by atoms with Gasteiger partial charge in [-0.15, -0.1) is 22.7 Å². The molecule has 2 rings (SSSR count). The average molecular weight is 266 g/mol. The zero-order valence-electron chi connectivity index (χ0n) is 9.82. The second kappa shape index (κ2) is 7.61. The van der Waals surface area contributed by atoms with Gasteiger partial charge in [-0.25, -0.2) is 0 Å². The van der Waals surface area contributed by atoms with E-state index in [0.717, 1.165) is 26.2 Å². The maximum Gasteiger partial charge on any atom is 0.0299 e. The number of nitrogens with one attached hydrogen (secondary N) is 2. The first-order valence-corrected chi connectivity index (χ1v) is 7.67. The van der Waals surface area contributed by atoms with Crippen molar-refractivity contribution in [2.45, 2.75) is 19.5 Å². The van der Waals surface area contributed by atoms with Crippen LogP contribution in [0.5, 0.6) is 0 Å². The van der Waals surface area contributed by atoms with Crippen LogP contribution in [-0.4, -0.2) is 13.1 Å². The van der Waals surface area contributed by atoms with Crippen molar-refractivity contribution in [3.05, 3.63) is 44.8 Å². The van der Waals surface area contributed by atoms with E-state index in [2.05, 4.69) is 45.7 Å². The van der Waals surface area contributed by atoms with Crippen molar-refractivity contribution >= 4 is 22.7 Å². The quantitative estimate of drug-likeness (QED) is 0.718. The summed E-state index contributed by atoms with van der Waals surface area (Å²) in [6, 6.07) is 8.55. The van der Waals surface area contributed by atoms with Crippen LogP contribution in [0, 0.1) is 0 Å². The van der Waals surface area contributed by atoms with Gasteiger partial charge < -0.3 is 10.6 Å². The fourth-order valence-electron chi connectivity index (χ4n) is 1.59. The van der Waals surface area contributed by atoms with Gasteiger partial charge in [0.15, 0.2) is 0 Å². The lowest BCUT2D eigenvalue weighted by Gasteiger charge is -2.04. The Bertz CT molecular complexity index is 343. The van der Waals surface area contributed by atoms with E-state index in [-0.39, 0.29) is 0 Å². The van der Waals surface area contributed by atoms with Gasteiger partial charge in [-0.3, -0.25) is 0 Å². The fraction of sp³-hybridized carbons (Fsp3) is 0.385. The first kappa shape index (κ1) is 12.8. The van der Waals surface area contributed by atoms with Crippen LogP contribution in [0.15, 0.2) is 35.0 Å². The fourth-order valence-corrected chi connectivity index (χ4v) is 2.94. The SMILES string of the molecule is c1csc(CNCCCNCc2cccs2)c1. The Kier molecular flexibility index (Phi) is 5.71. The molecule has 0 amide bonds. The van der Waals surface area contributed by atoms with Gasteiger partial charge in [0, 0.05) is 22.8 Å². The molecule has 0 radical (unpaired) electrons. The standard InChI is InChI=1S/C13H18N2S2/c1-4-12(16-8-1)10-14-6-3-7-15-11-13-5-2-9-17-13/h1-2,4-5,8-9,14-15H,3,6-7,10-11H2. The van der Waals surface area contributed by atoms with Gasteiger partial charge in [-0.1, -0.05) is 12.1 Å². The topological polar surface area (TPSA) is 24.1 Å². The maximum absolute atomic E-state index is 3.45. The van der Waals surface area contributed by atoms with Crippen LogP contribution in [0.3, 0.4) is 0 Å². The zero-order valence-corrected chi connectivity index (χ0v) is 11.4. The van der Waals surface area contributed by atoms with Crippen LogP contribution in [0.1, 0.15) is 16.2 Å². The lowest BCUT2D eigenvalue weighted by atomic mass is 10.4. The smallest absolute Gasteiger partial charge is 0.0299 e. The summed E-state index contributed by atoms with van der Waals surface area (Å²) in [6.07, 6.45) is 1.18. The minimum absolute atomic E-state index is 1.00. The Balaban J connectivity index is 1.44. The molecule has 0 saturated carbocycles. The highest BCUT2D eigenvalue weighted by Gasteiger charge is 1.94. The summed E-state index contributed by atoms with van der Waals surface area (Å²) in [6.45, 7) is 4.16. The molecular formula is C13H18N2S2. The average Bonchev–Trinajstić information content (AvgIpc) is 3.00. The van der Waals surface area contributed by atoms with Crippen LogP contribution in [0.25, 0.3) is 0 Å². The predicted molar refractivity (Wildman–Crippen MR) is 76.7 cm³/mol. The highest BCUT2D eigenvalue weighted by molar-refractivity contribution is 7.10. The summed E-state index contributed by atoms with van der Waals surface area (Å²) in [5, 5.41) is 11.2. The normalized spacial score (nSPS) is 10.8. The van der Waals surface area contributed by atoms with Crippen molar-refractivity contribution in [1.29, 1.82) is 0 Å². The number of hydrogen-bond acceptors (Lipinski definition) is 4. The summed E-state index contributed by atoms with van der Waals surface area (Å²) in [5.41, 5.74) is 0. The summed E-state index contributed by atoms with van der Waals surface area (Å²) >= 11 is 3.63. The van der Waals surface area contributed by atoms with E-state index < -0.39 is 0 Å². The third kappa shape index (κ3) is 5.00. The first-order valence-electron chi connectivity index (χ1n) is 5.91.